The fourth-order valence-electron chi connectivity index (χ4n) is 3.34. The van der Waals surface area contributed by atoms with Crippen LogP contribution < -0.4 is 10.6 Å². The maximum absolute atomic E-state index is 12.2. The third-order valence-corrected chi connectivity index (χ3v) is 4.54. The van der Waals surface area contributed by atoms with Crippen molar-refractivity contribution in [3.63, 3.8) is 0 Å². The van der Waals surface area contributed by atoms with Crippen LogP contribution in [0.5, 0.6) is 0 Å². The van der Waals surface area contributed by atoms with Gasteiger partial charge in [0.05, 0.1) is 18.2 Å². The van der Waals surface area contributed by atoms with Crippen molar-refractivity contribution in [2.24, 2.45) is 5.92 Å². The van der Waals surface area contributed by atoms with Crippen molar-refractivity contribution in [3.8, 4) is 0 Å². The molecule has 4 atom stereocenters. The van der Waals surface area contributed by atoms with Gasteiger partial charge >= 0.3 is 0 Å². The first-order valence-electron chi connectivity index (χ1n) is 8.10. The average molecular weight is 304 g/mol. The van der Waals surface area contributed by atoms with Crippen LogP contribution in [0, 0.1) is 5.92 Å². The summed E-state index contributed by atoms with van der Waals surface area (Å²) in [6, 6.07) is 9.94. The molecule has 1 aromatic rings. The lowest BCUT2D eigenvalue weighted by Crippen LogP contribution is -2.43. The second kappa shape index (κ2) is 7.22. The number of hydrogen-bond acceptors (Lipinski definition) is 4. The molecule has 0 unspecified atom stereocenters. The molecule has 22 heavy (non-hydrogen) atoms. The Balaban J connectivity index is 1.57. The smallest absolute Gasteiger partial charge is 0.237 e. The van der Waals surface area contributed by atoms with E-state index in [0.29, 0.717) is 25.4 Å². The highest BCUT2D eigenvalue weighted by Gasteiger charge is 2.31. The first kappa shape index (κ1) is 15.5. The predicted molar refractivity (Wildman–Crippen MR) is 83.3 cm³/mol. The van der Waals surface area contributed by atoms with Gasteiger partial charge in [-0.1, -0.05) is 30.3 Å². The van der Waals surface area contributed by atoms with Gasteiger partial charge < -0.3 is 20.5 Å². The number of carbonyl (C=O) groups excluding carboxylic acids is 1. The molecule has 0 spiro atoms. The molecule has 120 valence electrons. The van der Waals surface area contributed by atoms with E-state index in [1.165, 1.54) is 5.56 Å². The molecule has 2 aliphatic heterocycles. The summed E-state index contributed by atoms with van der Waals surface area (Å²) in [6.07, 6.45) is 2.23. The SMILES string of the molecule is O=C(NC[C@@H]1CCCO[C@@H]1c1ccccc1)[C@@H]1C[C@@H](O)CN1. The van der Waals surface area contributed by atoms with Gasteiger partial charge in [-0.15, -0.1) is 0 Å². The van der Waals surface area contributed by atoms with Gasteiger partial charge in [0, 0.05) is 25.6 Å². The summed E-state index contributed by atoms with van der Waals surface area (Å²) in [5.74, 6) is 0.278. The highest BCUT2D eigenvalue weighted by Crippen LogP contribution is 2.33. The minimum atomic E-state index is -0.411. The number of aliphatic hydroxyl groups excluding tert-OH is 1. The Morgan fingerprint density at radius 2 is 2.18 bits per heavy atom. The molecule has 1 amide bonds. The maximum Gasteiger partial charge on any atom is 0.237 e. The largest absolute Gasteiger partial charge is 0.392 e. The monoisotopic (exact) mass is 304 g/mol. The first-order valence-corrected chi connectivity index (χ1v) is 8.10. The van der Waals surface area contributed by atoms with E-state index in [-0.39, 0.29) is 18.1 Å². The minimum Gasteiger partial charge on any atom is -0.392 e. The molecule has 1 aromatic carbocycles. The van der Waals surface area contributed by atoms with Crippen molar-refractivity contribution in [1.29, 1.82) is 0 Å². The van der Waals surface area contributed by atoms with Crippen LogP contribution in [0.15, 0.2) is 30.3 Å². The van der Waals surface area contributed by atoms with E-state index in [1.807, 2.05) is 18.2 Å². The maximum atomic E-state index is 12.2. The summed E-state index contributed by atoms with van der Waals surface area (Å²) in [5, 5.41) is 15.6. The van der Waals surface area contributed by atoms with Crippen LogP contribution in [-0.2, 0) is 9.53 Å². The summed E-state index contributed by atoms with van der Waals surface area (Å²) in [7, 11) is 0. The molecule has 2 saturated heterocycles. The summed E-state index contributed by atoms with van der Waals surface area (Å²) in [6.45, 7) is 1.89. The Bertz CT molecular complexity index is 494. The van der Waals surface area contributed by atoms with Crippen molar-refractivity contribution < 1.29 is 14.6 Å². The molecule has 0 aromatic heterocycles. The van der Waals surface area contributed by atoms with Gasteiger partial charge in [0.15, 0.2) is 0 Å². The number of carbonyl (C=O) groups is 1. The lowest BCUT2D eigenvalue weighted by Gasteiger charge is -2.32. The number of nitrogens with one attached hydrogen (secondary N) is 2. The van der Waals surface area contributed by atoms with Crippen molar-refractivity contribution in [2.45, 2.75) is 37.5 Å². The van der Waals surface area contributed by atoms with Crippen LogP contribution in [0.25, 0.3) is 0 Å². The minimum absolute atomic E-state index is 0.0195. The fraction of sp³-hybridized carbons (Fsp3) is 0.588. The van der Waals surface area contributed by atoms with E-state index < -0.39 is 6.10 Å². The van der Waals surface area contributed by atoms with Crippen LogP contribution in [-0.4, -0.2) is 42.9 Å². The fourth-order valence-corrected chi connectivity index (χ4v) is 3.34. The number of ether oxygens (including phenoxy) is 1. The molecule has 2 fully saturated rings. The van der Waals surface area contributed by atoms with E-state index >= 15 is 0 Å². The highest BCUT2D eigenvalue weighted by atomic mass is 16.5. The number of aliphatic hydroxyl groups is 1. The molecule has 5 nitrogen and oxygen atoms in total. The van der Waals surface area contributed by atoms with E-state index in [4.69, 9.17) is 4.74 Å². The summed E-state index contributed by atoms with van der Waals surface area (Å²) < 4.78 is 5.94. The topological polar surface area (TPSA) is 70.6 Å². The number of β-amino-alcohol motifs (C(OH)–C–C–N with tert-alkyl or cyclic N) is 1. The predicted octanol–water partition coefficient (Wildman–Crippen LogP) is 0.993. The number of amides is 1. The second-order valence-electron chi connectivity index (χ2n) is 6.20. The zero-order valence-corrected chi connectivity index (χ0v) is 12.7. The standard InChI is InChI=1S/C17H24N2O3/c20-14-9-15(18-11-14)17(21)19-10-13-7-4-8-22-16(13)12-5-2-1-3-6-12/h1-3,5-6,13-16,18,20H,4,7-11H2,(H,19,21)/t13-,14+,15-,16+/m0/s1. The highest BCUT2D eigenvalue weighted by molar-refractivity contribution is 5.82. The number of hydrogen-bond donors (Lipinski definition) is 3. The van der Waals surface area contributed by atoms with Crippen LogP contribution in [0.4, 0.5) is 0 Å². The Morgan fingerprint density at radius 3 is 2.91 bits per heavy atom. The molecule has 0 saturated carbocycles. The lowest BCUT2D eigenvalue weighted by molar-refractivity contribution is -0.123. The Hall–Kier alpha value is -1.43. The molecule has 2 heterocycles. The van der Waals surface area contributed by atoms with E-state index in [1.54, 1.807) is 0 Å². The number of benzene rings is 1. The third-order valence-electron chi connectivity index (χ3n) is 4.54. The molecule has 3 N–H and O–H groups in total. The molecular weight excluding hydrogens is 280 g/mol. The Labute approximate surface area is 131 Å². The van der Waals surface area contributed by atoms with Gasteiger partial charge in [0.2, 0.25) is 5.91 Å². The molecular formula is C17H24N2O3. The molecule has 5 heteroatoms. The second-order valence-corrected chi connectivity index (χ2v) is 6.20. The molecule has 0 aliphatic carbocycles. The quantitative estimate of drug-likeness (QED) is 0.776. The van der Waals surface area contributed by atoms with Crippen LogP contribution >= 0.6 is 0 Å². The van der Waals surface area contributed by atoms with Crippen molar-refractivity contribution in [1.82, 2.24) is 10.6 Å². The lowest BCUT2D eigenvalue weighted by atomic mass is 9.89. The van der Waals surface area contributed by atoms with Crippen LogP contribution in [0.1, 0.15) is 30.9 Å². The van der Waals surface area contributed by atoms with Crippen molar-refractivity contribution in [3.05, 3.63) is 35.9 Å². The Kier molecular flexibility index (Phi) is 5.08. The molecule has 0 radical (unpaired) electrons. The van der Waals surface area contributed by atoms with Gasteiger partial charge in [0.1, 0.15) is 0 Å². The van der Waals surface area contributed by atoms with Crippen LogP contribution in [0.3, 0.4) is 0 Å². The molecule has 3 rings (SSSR count). The Morgan fingerprint density at radius 1 is 1.36 bits per heavy atom. The van der Waals surface area contributed by atoms with E-state index in [0.717, 1.165) is 19.4 Å². The van der Waals surface area contributed by atoms with Gasteiger partial charge in [-0.25, -0.2) is 0 Å². The molecule has 2 aliphatic rings. The molecule has 0 bridgehead atoms. The first-order chi connectivity index (χ1) is 10.7. The van der Waals surface area contributed by atoms with Crippen LogP contribution in [0.2, 0.25) is 0 Å². The average Bonchev–Trinajstić information content (AvgIpc) is 3.00. The zero-order valence-electron chi connectivity index (χ0n) is 12.7. The summed E-state index contributed by atoms with van der Waals surface area (Å²) in [4.78, 5) is 12.2. The van der Waals surface area contributed by atoms with Crippen molar-refractivity contribution in [2.75, 3.05) is 19.7 Å². The third kappa shape index (κ3) is 3.66. The van der Waals surface area contributed by atoms with Gasteiger partial charge in [-0.3, -0.25) is 4.79 Å². The van der Waals surface area contributed by atoms with E-state index in [9.17, 15) is 9.90 Å². The number of rotatable bonds is 4. The van der Waals surface area contributed by atoms with Gasteiger partial charge in [-0.05, 0) is 24.8 Å². The van der Waals surface area contributed by atoms with Gasteiger partial charge in [0.25, 0.3) is 0 Å². The zero-order chi connectivity index (χ0) is 15.4. The summed E-state index contributed by atoms with van der Waals surface area (Å²) >= 11 is 0. The normalized spacial score (nSPS) is 31.9. The van der Waals surface area contributed by atoms with E-state index in [2.05, 4.69) is 22.8 Å². The summed E-state index contributed by atoms with van der Waals surface area (Å²) in [5.41, 5.74) is 1.18. The van der Waals surface area contributed by atoms with Crippen molar-refractivity contribution >= 4 is 5.91 Å². The van der Waals surface area contributed by atoms with Gasteiger partial charge in [-0.2, -0.15) is 0 Å².